The van der Waals surface area contributed by atoms with E-state index in [0.29, 0.717) is 28.8 Å². The van der Waals surface area contributed by atoms with Crippen molar-refractivity contribution >= 4 is 22.6 Å². The zero-order chi connectivity index (χ0) is 16.9. The Labute approximate surface area is 138 Å². The quantitative estimate of drug-likeness (QED) is 0.774. The molecule has 1 heterocycles. The molecule has 0 spiro atoms. The smallest absolute Gasteiger partial charge is 0.255 e. The zero-order valence-electron chi connectivity index (χ0n) is 13.2. The van der Waals surface area contributed by atoms with Gasteiger partial charge in [-0.3, -0.25) is 9.59 Å². The van der Waals surface area contributed by atoms with Crippen LogP contribution in [-0.2, 0) is 0 Å². The Morgan fingerprint density at radius 3 is 2.67 bits per heavy atom. The molecule has 0 aliphatic carbocycles. The number of hydrogen-bond acceptors (Lipinski definition) is 4. The highest BCUT2D eigenvalue weighted by Gasteiger charge is 2.08. The first-order valence-electron chi connectivity index (χ1n) is 7.73. The van der Waals surface area contributed by atoms with Crippen LogP contribution in [0.2, 0.25) is 0 Å². The lowest BCUT2D eigenvalue weighted by atomic mass is 10.1. The van der Waals surface area contributed by atoms with E-state index in [0.717, 1.165) is 12.2 Å². The Bertz CT molecular complexity index is 913. The fraction of sp³-hybridized carbons (Fsp3) is 0.158. The lowest BCUT2D eigenvalue weighted by Crippen LogP contribution is -2.12. The maximum atomic E-state index is 12.3. The average Bonchev–Trinajstić information content (AvgIpc) is 2.61. The van der Waals surface area contributed by atoms with Crippen LogP contribution in [0.25, 0.3) is 11.0 Å². The van der Waals surface area contributed by atoms with Crippen LogP contribution >= 0.6 is 0 Å². The van der Waals surface area contributed by atoms with Gasteiger partial charge < -0.3 is 14.5 Å². The Morgan fingerprint density at radius 1 is 1.12 bits per heavy atom. The van der Waals surface area contributed by atoms with Crippen LogP contribution in [0.4, 0.5) is 5.69 Å². The number of anilines is 1. The molecule has 3 aromatic rings. The summed E-state index contributed by atoms with van der Waals surface area (Å²) in [5, 5.41) is 3.21. The lowest BCUT2D eigenvalue weighted by Gasteiger charge is -2.08. The maximum Gasteiger partial charge on any atom is 0.255 e. The number of fused-ring (bicyclic) bond motifs is 1. The summed E-state index contributed by atoms with van der Waals surface area (Å²) in [5.74, 6) is 0.480. The molecular weight excluding hydrogens is 306 g/mol. The standard InChI is InChI=1S/C19H17NO4/c1-2-10-23-15-6-3-13(4-7-15)19(22)20-14-5-8-18-16(12-14)17(21)9-11-24-18/h3-9,11-12H,2,10H2,1H3,(H,20,22). The number of hydrogen-bond donors (Lipinski definition) is 1. The molecule has 0 saturated heterocycles. The number of carbonyl (C=O) groups excluding carboxylic acids is 1. The van der Waals surface area contributed by atoms with Crippen molar-refractivity contribution in [2.24, 2.45) is 0 Å². The molecule has 24 heavy (non-hydrogen) atoms. The van der Waals surface area contributed by atoms with Crippen molar-refractivity contribution in [3.8, 4) is 5.75 Å². The van der Waals surface area contributed by atoms with E-state index in [1.807, 2.05) is 6.92 Å². The number of carbonyl (C=O) groups is 1. The van der Waals surface area contributed by atoms with Crippen molar-refractivity contribution in [2.75, 3.05) is 11.9 Å². The fourth-order valence-corrected chi connectivity index (χ4v) is 2.29. The molecule has 2 aromatic carbocycles. The van der Waals surface area contributed by atoms with E-state index in [9.17, 15) is 9.59 Å². The number of nitrogens with one attached hydrogen (secondary N) is 1. The van der Waals surface area contributed by atoms with Crippen LogP contribution in [-0.4, -0.2) is 12.5 Å². The predicted octanol–water partition coefficient (Wildman–Crippen LogP) is 3.83. The van der Waals surface area contributed by atoms with E-state index in [1.165, 1.54) is 12.3 Å². The van der Waals surface area contributed by atoms with Gasteiger partial charge in [0, 0.05) is 17.3 Å². The molecule has 1 amide bonds. The van der Waals surface area contributed by atoms with E-state index in [-0.39, 0.29) is 11.3 Å². The molecule has 5 nitrogen and oxygen atoms in total. The van der Waals surface area contributed by atoms with Crippen LogP contribution in [0.5, 0.6) is 5.75 Å². The number of benzene rings is 2. The molecule has 0 aliphatic rings. The summed E-state index contributed by atoms with van der Waals surface area (Å²) >= 11 is 0. The van der Waals surface area contributed by atoms with Crippen LogP contribution in [0, 0.1) is 0 Å². The monoisotopic (exact) mass is 323 g/mol. The molecule has 5 heteroatoms. The van der Waals surface area contributed by atoms with E-state index in [1.54, 1.807) is 42.5 Å². The highest BCUT2D eigenvalue weighted by molar-refractivity contribution is 6.05. The maximum absolute atomic E-state index is 12.3. The van der Waals surface area contributed by atoms with Gasteiger partial charge >= 0.3 is 0 Å². The Balaban J connectivity index is 1.77. The minimum absolute atomic E-state index is 0.148. The van der Waals surface area contributed by atoms with E-state index in [2.05, 4.69) is 5.32 Å². The second kappa shape index (κ2) is 7.00. The van der Waals surface area contributed by atoms with Crippen molar-refractivity contribution < 1.29 is 13.9 Å². The van der Waals surface area contributed by atoms with E-state index >= 15 is 0 Å². The normalized spacial score (nSPS) is 10.5. The van der Waals surface area contributed by atoms with E-state index < -0.39 is 0 Å². The summed E-state index contributed by atoms with van der Waals surface area (Å²) in [6.07, 6.45) is 2.28. The highest BCUT2D eigenvalue weighted by Crippen LogP contribution is 2.18. The molecular formula is C19H17NO4. The Morgan fingerprint density at radius 2 is 1.92 bits per heavy atom. The van der Waals surface area contributed by atoms with Gasteiger partial charge in [0.05, 0.1) is 18.3 Å². The van der Waals surface area contributed by atoms with Gasteiger partial charge in [0.1, 0.15) is 11.3 Å². The molecule has 0 aliphatic heterocycles. The molecule has 0 radical (unpaired) electrons. The van der Waals surface area contributed by atoms with Crippen molar-refractivity contribution in [3.05, 3.63) is 70.6 Å². The number of amides is 1. The Kier molecular flexibility index (Phi) is 4.61. The molecule has 0 unspecified atom stereocenters. The van der Waals surface area contributed by atoms with Gasteiger partial charge in [-0.1, -0.05) is 6.92 Å². The first-order valence-corrected chi connectivity index (χ1v) is 7.73. The largest absolute Gasteiger partial charge is 0.494 e. The molecule has 1 aromatic heterocycles. The summed E-state index contributed by atoms with van der Waals surface area (Å²) in [4.78, 5) is 24.1. The van der Waals surface area contributed by atoms with Crippen molar-refractivity contribution in [1.29, 1.82) is 0 Å². The Hall–Kier alpha value is -3.08. The number of ether oxygens (including phenoxy) is 1. The molecule has 1 N–H and O–H groups in total. The average molecular weight is 323 g/mol. The van der Waals surface area contributed by atoms with Gasteiger partial charge in [0.2, 0.25) is 0 Å². The third-order valence-corrected chi connectivity index (χ3v) is 3.51. The summed E-state index contributed by atoms with van der Waals surface area (Å²) < 4.78 is 10.7. The third kappa shape index (κ3) is 3.46. The highest BCUT2D eigenvalue weighted by atomic mass is 16.5. The first-order chi connectivity index (χ1) is 11.7. The van der Waals surface area contributed by atoms with Crippen LogP contribution in [0.15, 0.2) is 64.0 Å². The van der Waals surface area contributed by atoms with Gasteiger partial charge in [-0.15, -0.1) is 0 Å². The molecule has 0 bridgehead atoms. The number of rotatable bonds is 5. The first kappa shape index (κ1) is 15.8. The molecule has 0 atom stereocenters. The van der Waals surface area contributed by atoms with Crippen molar-refractivity contribution in [2.45, 2.75) is 13.3 Å². The van der Waals surface area contributed by atoms with Crippen LogP contribution in [0.1, 0.15) is 23.7 Å². The molecule has 3 rings (SSSR count). The van der Waals surface area contributed by atoms with Crippen LogP contribution in [0.3, 0.4) is 0 Å². The second-order valence-electron chi connectivity index (χ2n) is 5.32. The van der Waals surface area contributed by atoms with Gasteiger partial charge in [-0.05, 0) is 48.9 Å². The summed E-state index contributed by atoms with van der Waals surface area (Å²) in [7, 11) is 0. The summed E-state index contributed by atoms with van der Waals surface area (Å²) in [6.45, 7) is 2.68. The SMILES string of the molecule is CCCOc1ccc(C(=O)Nc2ccc3occc(=O)c3c2)cc1. The second-order valence-corrected chi connectivity index (χ2v) is 5.32. The van der Waals surface area contributed by atoms with Crippen molar-refractivity contribution in [3.63, 3.8) is 0 Å². The fourth-order valence-electron chi connectivity index (χ4n) is 2.29. The topological polar surface area (TPSA) is 68.5 Å². The van der Waals surface area contributed by atoms with Crippen LogP contribution < -0.4 is 15.5 Å². The lowest BCUT2D eigenvalue weighted by molar-refractivity contribution is 0.102. The molecule has 122 valence electrons. The van der Waals surface area contributed by atoms with E-state index in [4.69, 9.17) is 9.15 Å². The van der Waals surface area contributed by atoms with Gasteiger partial charge in [-0.2, -0.15) is 0 Å². The summed E-state index contributed by atoms with van der Waals surface area (Å²) in [5.41, 5.74) is 1.39. The molecule has 0 fully saturated rings. The van der Waals surface area contributed by atoms with Gasteiger partial charge in [-0.25, -0.2) is 0 Å². The molecule has 0 saturated carbocycles. The van der Waals surface area contributed by atoms with Gasteiger partial charge in [0.25, 0.3) is 5.91 Å². The predicted molar refractivity (Wildman–Crippen MR) is 92.7 cm³/mol. The minimum Gasteiger partial charge on any atom is -0.494 e. The third-order valence-electron chi connectivity index (χ3n) is 3.51. The minimum atomic E-state index is -0.253. The zero-order valence-corrected chi connectivity index (χ0v) is 13.2. The van der Waals surface area contributed by atoms with Gasteiger partial charge in [0.15, 0.2) is 5.43 Å². The summed E-state index contributed by atoms with van der Waals surface area (Å²) in [6, 6.07) is 13.3. The van der Waals surface area contributed by atoms with Crippen molar-refractivity contribution in [1.82, 2.24) is 0 Å².